The van der Waals surface area contributed by atoms with E-state index in [0.717, 1.165) is 6.42 Å². The maximum absolute atomic E-state index is 11.8. The lowest BCUT2D eigenvalue weighted by Gasteiger charge is -2.21. The van der Waals surface area contributed by atoms with Crippen molar-refractivity contribution in [2.24, 2.45) is 0 Å². The van der Waals surface area contributed by atoms with E-state index in [1.165, 1.54) is 9.80 Å². The first-order valence-corrected chi connectivity index (χ1v) is 6.16. The Morgan fingerprint density at radius 3 is 2.50 bits per heavy atom. The molecule has 102 valence electrons. The Bertz CT molecular complexity index is 341. The van der Waals surface area contributed by atoms with E-state index in [0.29, 0.717) is 25.8 Å². The molecule has 0 saturated carbocycles. The van der Waals surface area contributed by atoms with Gasteiger partial charge in [-0.1, -0.05) is 0 Å². The topological polar surface area (TPSA) is 77.9 Å². The Morgan fingerprint density at radius 1 is 1.28 bits per heavy atom. The summed E-state index contributed by atoms with van der Waals surface area (Å²) in [5, 5.41) is 8.96. The molecule has 0 spiro atoms. The van der Waals surface area contributed by atoms with Crippen LogP contribution in [0.1, 0.15) is 32.1 Å². The quantitative estimate of drug-likeness (QED) is 0.768. The number of carbonyl (C=O) groups is 3. The monoisotopic (exact) mass is 256 g/mol. The predicted octanol–water partition coefficient (Wildman–Crippen LogP) is 0.320. The van der Waals surface area contributed by atoms with Gasteiger partial charge in [0.15, 0.2) is 0 Å². The first kappa shape index (κ1) is 14.5. The summed E-state index contributed by atoms with van der Waals surface area (Å²) in [6.07, 6.45) is 2.30. The first-order chi connectivity index (χ1) is 8.43. The van der Waals surface area contributed by atoms with Crippen molar-refractivity contribution >= 4 is 17.8 Å². The van der Waals surface area contributed by atoms with Gasteiger partial charge in [-0.05, 0) is 19.3 Å². The Kier molecular flexibility index (Phi) is 5.12. The lowest BCUT2D eigenvalue weighted by atomic mass is 10.2. The van der Waals surface area contributed by atoms with Crippen LogP contribution in [-0.2, 0) is 14.4 Å². The van der Waals surface area contributed by atoms with Crippen LogP contribution in [-0.4, -0.2) is 59.4 Å². The highest BCUT2D eigenvalue weighted by Gasteiger charge is 2.33. The zero-order valence-electron chi connectivity index (χ0n) is 10.9. The fourth-order valence-electron chi connectivity index (χ4n) is 2.08. The average molecular weight is 256 g/mol. The first-order valence-electron chi connectivity index (χ1n) is 6.16. The average Bonchev–Trinajstić information content (AvgIpc) is 2.77. The predicted molar refractivity (Wildman–Crippen MR) is 64.9 cm³/mol. The number of rotatable bonds is 5. The summed E-state index contributed by atoms with van der Waals surface area (Å²) in [5.41, 5.74) is 0. The van der Waals surface area contributed by atoms with Crippen molar-refractivity contribution in [3.63, 3.8) is 0 Å². The number of nitrogens with zero attached hydrogens (tertiary/aromatic N) is 2. The van der Waals surface area contributed by atoms with Gasteiger partial charge in [0, 0.05) is 33.5 Å². The van der Waals surface area contributed by atoms with Gasteiger partial charge in [-0.15, -0.1) is 0 Å². The third kappa shape index (κ3) is 3.72. The third-order valence-corrected chi connectivity index (χ3v) is 3.14. The number of carboxylic acids is 1. The van der Waals surface area contributed by atoms with Gasteiger partial charge in [0.1, 0.15) is 6.04 Å². The van der Waals surface area contributed by atoms with Crippen LogP contribution in [0, 0.1) is 0 Å². The third-order valence-electron chi connectivity index (χ3n) is 3.14. The SMILES string of the molecule is CN(C)C(=O)CCCC(=O)N1CCCC1C(=O)O. The summed E-state index contributed by atoms with van der Waals surface area (Å²) in [6, 6.07) is -0.679. The number of hydrogen-bond donors (Lipinski definition) is 1. The highest BCUT2D eigenvalue weighted by atomic mass is 16.4. The molecular formula is C12H20N2O4. The van der Waals surface area contributed by atoms with Crippen LogP contribution in [0.5, 0.6) is 0 Å². The van der Waals surface area contributed by atoms with Crippen molar-refractivity contribution < 1.29 is 19.5 Å². The van der Waals surface area contributed by atoms with Crippen LogP contribution in [0.2, 0.25) is 0 Å². The molecule has 1 aliphatic heterocycles. The highest BCUT2D eigenvalue weighted by molar-refractivity contribution is 5.84. The molecule has 0 aromatic rings. The Hall–Kier alpha value is -1.59. The number of amides is 2. The minimum absolute atomic E-state index is 0.0148. The highest BCUT2D eigenvalue weighted by Crippen LogP contribution is 2.19. The van der Waals surface area contributed by atoms with Crippen LogP contribution in [0.4, 0.5) is 0 Å². The molecule has 1 rings (SSSR count). The van der Waals surface area contributed by atoms with Gasteiger partial charge in [-0.2, -0.15) is 0 Å². The van der Waals surface area contributed by atoms with E-state index in [1.54, 1.807) is 14.1 Å². The molecule has 1 fully saturated rings. The molecule has 1 N–H and O–H groups in total. The maximum atomic E-state index is 11.8. The summed E-state index contributed by atoms with van der Waals surface area (Å²) in [5.74, 6) is -1.12. The van der Waals surface area contributed by atoms with Crippen molar-refractivity contribution in [3.8, 4) is 0 Å². The lowest BCUT2D eigenvalue weighted by Crippen LogP contribution is -2.40. The zero-order valence-corrected chi connectivity index (χ0v) is 10.9. The van der Waals surface area contributed by atoms with E-state index in [4.69, 9.17) is 5.11 Å². The molecule has 0 aromatic heterocycles. The molecule has 0 radical (unpaired) electrons. The summed E-state index contributed by atoms with van der Waals surface area (Å²) in [7, 11) is 3.34. The van der Waals surface area contributed by atoms with E-state index in [9.17, 15) is 14.4 Å². The molecule has 1 heterocycles. The number of carboxylic acid groups (broad SMARTS) is 1. The lowest BCUT2D eigenvalue weighted by molar-refractivity contribution is -0.148. The molecule has 0 bridgehead atoms. The van der Waals surface area contributed by atoms with Crippen LogP contribution in [0.25, 0.3) is 0 Å². The Morgan fingerprint density at radius 2 is 1.94 bits per heavy atom. The van der Waals surface area contributed by atoms with Gasteiger partial charge >= 0.3 is 5.97 Å². The van der Waals surface area contributed by atoms with E-state index < -0.39 is 12.0 Å². The number of carbonyl (C=O) groups excluding carboxylic acids is 2. The van der Waals surface area contributed by atoms with Gasteiger partial charge in [-0.25, -0.2) is 4.79 Å². The van der Waals surface area contributed by atoms with Crippen LogP contribution in [0.15, 0.2) is 0 Å². The second kappa shape index (κ2) is 6.37. The zero-order chi connectivity index (χ0) is 13.7. The molecule has 18 heavy (non-hydrogen) atoms. The van der Waals surface area contributed by atoms with Gasteiger partial charge in [0.2, 0.25) is 11.8 Å². The second-order valence-corrected chi connectivity index (χ2v) is 4.73. The molecule has 1 atom stereocenters. The van der Waals surface area contributed by atoms with E-state index in [-0.39, 0.29) is 18.2 Å². The molecule has 6 nitrogen and oxygen atoms in total. The molecule has 6 heteroatoms. The van der Waals surface area contributed by atoms with Gasteiger partial charge < -0.3 is 14.9 Å². The maximum Gasteiger partial charge on any atom is 0.326 e. The van der Waals surface area contributed by atoms with Crippen molar-refractivity contribution in [2.45, 2.75) is 38.1 Å². The van der Waals surface area contributed by atoms with Crippen molar-refractivity contribution in [3.05, 3.63) is 0 Å². The second-order valence-electron chi connectivity index (χ2n) is 4.73. The van der Waals surface area contributed by atoms with Crippen LogP contribution >= 0.6 is 0 Å². The van der Waals surface area contributed by atoms with E-state index in [2.05, 4.69) is 0 Å². The summed E-state index contributed by atoms with van der Waals surface area (Å²) >= 11 is 0. The minimum atomic E-state index is -0.940. The summed E-state index contributed by atoms with van der Waals surface area (Å²) in [6.45, 7) is 0.511. The van der Waals surface area contributed by atoms with E-state index in [1.807, 2.05) is 0 Å². The standard InChI is InChI=1S/C12H20N2O4/c1-13(2)10(15)6-3-7-11(16)14-8-4-5-9(14)12(17)18/h9H,3-8H2,1-2H3,(H,17,18). The minimum Gasteiger partial charge on any atom is -0.480 e. The Labute approximate surface area is 107 Å². The molecule has 1 aliphatic rings. The van der Waals surface area contributed by atoms with Crippen molar-refractivity contribution in [1.82, 2.24) is 9.80 Å². The molecule has 2 amide bonds. The summed E-state index contributed by atoms with van der Waals surface area (Å²) in [4.78, 5) is 37.0. The molecular weight excluding hydrogens is 236 g/mol. The van der Waals surface area contributed by atoms with Gasteiger partial charge in [0.05, 0.1) is 0 Å². The molecule has 0 aromatic carbocycles. The summed E-state index contributed by atoms with van der Waals surface area (Å²) < 4.78 is 0. The molecule has 1 saturated heterocycles. The molecule has 0 aliphatic carbocycles. The number of aliphatic carboxylic acids is 1. The fraction of sp³-hybridized carbons (Fsp3) is 0.750. The number of hydrogen-bond acceptors (Lipinski definition) is 3. The smallest absolute Gasteiger partial charge is 0.326 e. The largest absolute Gasteiger partial charge is 0.480 e. The Balaban J connectivity index is 2.37. The normalized spacial score (nSPS) is 18.8. The van der Waals surface area contributed by atoms with Crippen molar-refractivity contribution in [2.75, 3.05) is 20.6 Å². The van der Waals surface area contributed by atoms with Gasteiger partial charge in [-0.3, -0.25) is 9.59 Å². The van der Waals surface area contributed by atoms with Crippen LogP contribution < -0.4 is 0 Å². The molecule has 1 unspecified atom stereocenters. The fourth-order valence-corrected chi connectivity index (χ4v) is 2.08. The van der Waals surface area contributed by atoms with E-state index >= 15 is 0 Å². The van der Waals surface area contributed by atoms with Crippen LogP contribution in [0.3, 0.4) is 0 Å². The number of likely N-dealkylation sites (tertiary alicyclic amines) is 1. The van der Waals surface area contributed by atoms with Crippen molar-refractivity contribution in [1.29, 1.82) is 0 Å². The van der Waals surface area contributed by atoms with Gasteiger partial charge in [0.25, 0.3) is 0 Å².